The van der Waals surface area contributed by atoms with E-state index in [2.05, 4.69) is 64.3 Å². The third-order valence-corrected chi connectivity index (χ3v) is 8.94. The Kier molecular flexibility index (Phi) is 10.6. The van der Waals surface area contributed by atoms with E-state index in [1.165, 1.54) is 69.6 Å². The van der Waals surface area contributed by atoms with E-state index in [1.807, 2.05) is 0 Å². The van der Waals surface area contributed by atoms with E-state index in [0.717, 1.165) is 105 Å². The molecule has 3 heterocycles. The van der Waals surface area contributed by atoms with Crippen LogP contribution in [-0.2, 0) is 0 Å². The summed E-state index contributed by atoms with van der Waals surface area (Å²) in [6.45, 7) is 4.63. The van der Waals surface area contributed by atoms with E-state index in [-0.39, 0.29) is 0 Å². The Labute approximate surface area is 257 Å². The highest BCUT2D eigenvalue weighted by atomic mass is 16.5. The molecule has 0 aromatic heterocycles. The molecule has 6 rings (SSSR count). The third-order valence-electron chi connectivity index (χ3n) is 8.94. The lowest BCUT2D eigenvalue weighted by molar-refractivity contribution is -0.423. The van der Waals surface area contributed by atoms with E-state index < -0.39 is 0 Å². The molecule has 230 valence electrons. The zero-order valence-electron chi connectivity index (χ0n) is 25.9. The number of ether oxygens (including phenoxy) is 4. The Morgan fingerprint density at radius 2 is 1.07 bits per heavy atom. The number of rotatable bonds is 0. The minimum absolute atomic E-state index is 0.728. The summed E-state index contributed by atoms with van der Waals surface area (Å²) >= 11 is 0. The number of hydrogen-bond donors (Lipinski definition) is 0. The van der Waals surface area contributed by atoms with E-state index >= 15 is 0 Å². The molecule has 0 radical (unpaired) electrons. The zero-order chi connectivity index (χ0) is 29.1. The smallest absolute Gasteiger partial charge is 0.245 e. The molecule has 0 saturated carbocycles. The van der Waals surface area contributed by atoms with Crippen molar-refractivity contribution in [2.45, 2.75) is 89.9 Å². The van der Waals surface area contributed by atoms with Gasteiger partial charge in [0.1, 0.15) is 18.8 Å². The second-order valence-corrected chi connectivity index (χ2v) is 12.2. The van der Waals surface area contributed by atoms with Crippen LogP contribution in [0.2, 0.25) is 0 Å². The van der Waals surface area contributed by atoms with E-state index in [1.54, 1.807) is 0 Å². The zero-order valence-corrected chi connectivity index (χ0v) is 25.9. The molecule has 0 aliphatic carbocycles. The molecule has 0 amide bonds. The average Bonchev–Trinajstić information content (AvgIpc) is 3.50. The van der Waals surface area contributed by atoms with Crippen molar-refractivity contribution < 1.29 is 23.5 Å². The van der Waals surface area contributed by atoms with Crippen LogP contribution in [0.15, 0.2) is 48.5 Å². The van der Waals surface area contributed by atoms with Gasteiger partial charge >= 0.3 is 0 Å². The van der Waals surface area contributed by atoms with Crippen LogP contribution in [0.1, 0.15) is 89.9 Å². The SMILES string of the molecule is C1=[N+]2CCN1c1c3cccc1OCCCCCCCCCOc1ccc4ccc(cc4c12)OCCCCCCCCCO3. The second kappa shape index (κ2) is 15.4. The van der Waals surface area contributed by atoms with Crippen molar-refractivity contribution in [2.75, 3.05) is 44.4 Å². The standard InChI is InChI=1S/C37H49N2O4/c1-3-7-11-24-40-31-20-18-30-19-21-35-36(32(30)28-31)38-22-23-39(29-38)37-33(41-25-12-8-4-1)16-15-17-34(37)42-26-13-9-5-2-6-10-14-27-43-35/h15-21,28-29H,1-14,22-27H2/q+1. The van der Waals surface area contributed by atoms with Crippen LogP contribution in [0.5, 0.6) is 23.0 Å². The van der Waals surface area contributed by atoms with Crippen molar-refractivity contribution in [1.29, 1.82) is 0 Å². The molecular weight excluding hydrogens is 536 g/mol. The molecule has 43 heavy (non-hydrogen) atoms. The highest BCUT2D eigenvalue weighted by molar-refractivity contribution is 5.96. The first kappa shape index (κ1) is 29.7. The second-order valence-electron chi connectivity index (χ2n) is 12.2. The summed E-state index contributed by atoms with van der Waals surface area (Å²) in [5.74, 6) is 3.68. The van der Waals surface area contributed by atoms with Gasteiger partial charge in [0.2, 0.25) is 12.0 Å². The first-order chi connectivity index (χ1) is 21.4. The Bertz CT molecular complexity index is 1360. The fourth-order valence-corrected chi connectivity index (χ4v) is 6.53. The predicted molar refractivity (Wildman–Crippen MR) is 175 cm³/mol. The summed E-state index contributed by atoms with van der Waals surface area (Å²) in [7, 11) is 0. The molecule has 6 bridgehead atoms. The first-order valence-electron chi connectivity index (χ1n) is 17.0. The van der Waals surface area contributed by atoms with E-state index in [9.17, 15) is 0 Å². The van der Waals surface area contributed by atoms with Gasteiger partial charge in [-0.1, -0.05) is 82.4 Å². The molecule has 0 spiro atoms. The molecule has 0 atom stereocenters. The van der Waals surface area contributed by atoms with Crippen molar-refractivity contribution in [3.63, 3.8) is 0 Å². The molecule has 3 aromatic carbocycles. The molecule has 6 heteroatoms. The summed E-state index contributed by atoms with van der Waals surface area (Å²) in [4.78, 5) is 2.31. The van der Waals surface area contributed by atoms with Gasteiger partial charge in [-0.25, -0.2) is 9.48 Å². The summed E-state index contributed by atoms with van der Waals surface area (Å²) in [5, 5.41) is 2.36. The van der Waals surface area contributed by atoms with Gasteiger partial charge < -0.3 is 18.9 Å². The number of nitrogens with zero attached hydrogens (tertiary/aromatic N) is 2. The van der Waals surface area contributed by atoms with Gasteiger partial charge in [-0.05, 0) is 61.4 Å². The Morgan fingerprint density at radius 1 is 0.535 bits per heavy atom. The Balaban J connectivity index is 1.42. The molecule has 3 aliphatic heterocycles. The first-order valence-corrected chi connectivity index (χ1v) is 17.0. The highest BCUT2D eigenvalue weighted by Crippen LogP contribution is 2.42. The number of anilines is 1. The molecule has 3 aliphatic rings. The predicted octanol–water partition coefficient (Wildman–Crippen LogP) is 9.04. The van der Waals surface area contributed by atoms with E-state index in [0.29, 0.717) is 0 Å². The maximum atomic E-state index is 6.54. The Hall–Kier alpha value is -3.41. The monoisotopic (exact) mass is 585 g/mol. The molecule has 6 nitrogen and oxygen atoms in total. The van der Waals surface area contributed by atoms with Gasteiger partial charge in [-0.2, -0.15) is 0 Å². The molecule has 0 unspecified atom stereocenters. The normalized spacial score (nSPS) is 19.5. The van der Waals surface area contributed by atoms with Gasteiger partial charge in [0.25, 0.3) is 0 Å². The lowest BCUT2D eigenvalue weighted by Crippen LogP contribution is -2.20. The largest absolute Gasteiger partial charge is 0.494 e. The Morgan fingerprint density at radius 3 is 1.70 bits per heavy atom. The maximum Gasteiger partial charge on any atom is 0.245 e. The third kappa shape index (κ3) is 7.76. The van der Waals surface area contributed by atoms with E-state index in [4.69, 9.17) is 18.9 Å². The van der Waals surface area contributed by atoms with Gasteiger partial charge in [0.15, 0.2) is 22.9 Å². The van der Waals surface area contributed by atoms with Crippen molar-refractivity contribution in [2.24, 2.45) is 0 Å². The van der Waals surface area contributed by atoms with Gasteiger partial charge in [0.05, 0.1) is 26.4 Å². The molecular formula is C37H49N2O4+. The van der Waals surface area contributed by atoms with Crippen LogP contribution >= 0.6 is 0 Å². The van der Waals surface area contributed by atoms with Crippen LogP contribution in [0.3, 0.4) is 0 Å². The van der Waals surface area contributed by atoms with Gasteiger partial charge in [-0.15, -0.1) is 0 Å². The fraction of sp³-hybridized carbons (Fsp3) is 0.541. The average molecular weight is 586 g/mol. The maximum absolute atomic E-state index is 6.54. The van der Waals surface area contributed by atoms with Crippen LogP contribution in [-0.4, -0.2) is 50.4 Å². The van der Waals surface area contributed by atoms with Crippen molar-refractivity contribution >= 4 is 28.5 Å². The van der Waals surface area contributed by atoms with Gasteiger partial charge in [0, 0.05) is 5.39 Å². The molecule has 0 saturated heterocycles. The minimum atomic E-state index is 0.728. The topological polar surface area (TPSA) is 43.2 Å². The quantitative estimate of drug-likeness (QED) is 0.246. The number of para-hydroxylation sites is 1. The van der Waals surface area contributed by atoms with Crippen LogP contribution < -0.4 is 23.8 Å². The summed E-state index contributed by atoms with van der Waals surface area (Å²) < 4.78 is 28.1. The van der Waals surface area contributed by atoms with Crippen LogP contribution in [0, 0.1) is 0 Å². The summed E-state index contributed by atoms with van der Waals surface area (Å²) in [6, 6.07) is 17.1. The number of fused-ring (bicyclic) bond motifs is 1. The lowest BCUT2D eigenvalue weighted by atomic mass is 10.1. The molecule has 3 aromatic rings. The van der Waals surface area contributed by atoms with Crippen LogP contribution in [0.25, 0.3) is 10.8 Å². The number of benzene rings is 3. The summed E-state index contributed by atoms with van der Waals surface area (Å²) in [6.07, 6.45) is 18.9. The summed E-state index contributed by atoms with van der Waals surface area (Å²) in [5.41, 5.74) is 2.15. The minimum Gasteiger partial charge on any atom is -0.494 e. The van der Waals surface area contributed by atoms with Crippen LogP contribution in [0.4, 0.5) is 11.4 Å². The fourth-order valence-electron chi connectivity index (χ4n) is 6.53. The molecule has 0 N–H and O–H groups in total. The van der Waals surface area contributed by atoms with Crippen molar-refractivity contribution in [3.05, 3.63) is 48.5 Å². The molecule has 0 fully saturated rings. The number of hydrogen-bond acceptors (Lipinski definition) is 5. The van der Waals surface area contributed by atoms with Crippen molar-refractivity contribution in [1.82, 2.24) is 0 Å². The van der Waals surface area contributed by atoms with Gasteiger partial charge in [-0.3, -0.25) is 0 Å². The van der Waals surface area contributed by atoms with Crippen molar-refractivity contribution in [3.8, 4) is 23.0 Å². The lowest BCUT2D eigenvalue weighted by Gasteiger charge is -2.18. The highest BCUT2D eigenvalue weighted by Gasteiger charge is 2.31.